The molecule has 0 amide bonds. The number of hydrogen-bond acceptors (Lipinski definition) is 2. The third kappa shape index (κ3) is 4.37. The van der Waals surface area contributed by atoms with E-state index < -0.39 is 5.97 Å². The van der Waals surface area contributed by atoms with Crippen LogP contribution in [0, 0.1) is 5.92 Å². The van der Waals surface area contributed by atoms with Crippen LogP contribution in [-0.4, -0.2) is 29.1 Å². The van der Waals surface area contributed by atoms with E-state index in [1.54, 1.807) is 0 Å². The minimum Gasteiger partial charge on any atom is -0.480 e. The molecule has 1 aliphatic rings. The molecule has 18 heavy (non-hydrogen) atoms. The van der Waals surface area contributed by atoms with Crippen molar-refractivity contribution in [3.63, 3.8) is 0 Å². The Kier molecular flexibility index (Phi) is 4.81. The van der Waals surface area contributed by atoms with Crippen molar-refractivity contribution >= 4 is 37.8 Å². The molecule has 0 bridgehead atoms. The number of carboxylic acid groups (broad SMARTS) is 1. The summed E-state index contributed by atoms with van der Waals surface area (Å²) < 4.78 is 2.01. The fourth-order valence-electron chi connectivity index (χ4n) is 1.94. The van der Waals surface area contributed by atoms with Crippen LogP contribution >= 0.6 is 31.9 Å². The summed E-state index contributed by atoms with van der Waals surface area (Å²) in [5.74, 6) is -0.0601. The molecule has 1 aromatic rings. The Balaban J connectivity index is 2.01. The van der Waals surface area contributed by atoms with Gasteiger partial charge in [0.25, 0.3) is 0 Å². The number of hydrogen-bond donors (Lipinski definition) is 1. The molecule has 0 aromatic heterocycles. The maximum absolute atomic E-state index is 10.9. The first kappa shape index (κ1) is 14.0. The summed E-state index contributed by atoms with van der Waals surface area (Å²) in [5.41, 5.74) is 1.13. The van der Waals surface area contributed by atoms with Crippen LogP contribution in [0.4, 0.5) is 0 Å². The number of carboxylic acids is 1. The van der Waals surface area contributed by atoms with E-state index in [-0.39, 0.29) is 6.54 Å². The molecule has 1 N–H and O–H groups in total. The first-order chi connectivity index (χ1) is 8.54. The Morgan fingerprint density at radius 3 is 2.61 bits per heavy atom. The summed E-state index contributed by atoms with van der Waals surface area (Å²) in [7, 11) is 0. The van der Waals surface area contributed by atoms with Gasteiger partial charge in [-0.05, 0) is 68.3 Å². The molecule has 0 spiro atoms. The quantitative estimate of drug-likeness (QED) is 0.825. The van der Waals surface area contributed by atoms with Gasteiger partial charge in [0.1, 0.15) is 0 Å². The molecule has 5 heteroatoms. The molecule has 1 aliphatic carbocycles. The van der Waals surface area contributed by atoms with E-state index in [2.05, 4.69) is 31.9 Å². The van der Waals surface area contributed by atoms with Gasteiger partial charge in [-0.3, -0.25) is 9.69 Å². The van der Waals surface area contributed by atoms with Crippen LogP contribution in [0.3, 0.4) is 0 Å². The number of benzene rings is 1. The van der Waals surface area contributed by atoms with Gasteiger partial charge in [-0.25, -0.2) is 0 Å². The third-order valence-corrected chi connectivity index (χ3v) is 4.84. The topological polar surface area (TPSA) is 40.5 Å². The van der Waals surface area contributed by atoms with Crippen molar-refractivity contribution < 1.29 is 9.90 Å². The second kappa shape index (κ2) is 6.17. The van der Waals surface area contributed by atoms with Gasteiger partial charge in [-0.1, -0.05) is 6.07 Å². The lowest BCUT2D eigenvalue weighted by molar-refractivity contribution is -0.138. The summed E-state index contributed by atoms with van der Waals surface area (Å²) in [6.07, 6.45) is 2.47. The zero-order valence-electron chi connectivity index (χ0n) is 9.90. The van der Waals surface area contributed by atoms with Crippen LogP contribution in [0.2, 0.25) is 0 Å². The molecule has 0 saturated heterocycles. The second-order valence-corrected chi connectivity index (χ2v) is 6.46. The summed E-state index contributed by atoms with van der Waals surface area (Å²) in [4.78, 5) is 12.9. The normalized spacial score (nSPS) is 15.1. The van der Waals surface area contributed by atoms with Crippen LogP contribution in [0.15, 0.2) is 27.1 Å². The van der Waals surface area contributed by atoms with Gasteiger partial charge in [-0.2, -0.15) is 0 Å². The molecule has 1 saturated carbocycles. The van der Waals surface area contributed by atoms with E-state index in [0.717, 1.165) is 21.1 Å². The van der Waals surface area contributed by atoms with Crippen molar-refractivity contribution in [1.29, 1.82) is 0 Å². The van der Waals surface area contributed by atoms with E-state index in [1.165, 1.54) is 12.8 Å². The van der Waals surface area contributed by atoms with Gasteiger partial charge >= 0.3 is 5.97 Å². The highest BCUT2D eigenvalue weighted by Crippen LogP contribution is 2.30. The number of rotatable bonds is 6. The van der Waals surface area contributed by atoms with E-state index in [4.69, 9.17) is 5.11 Å². The van der Waals surface area contributed by atoms with Crippen molar-refractivity contribution in [2.45, 2.75) is 19.4 Å². The lowest BCUT2D eigenvalue weighted by Gasteiger charge is -2.20. The monoisotopic (exact) mass is 375 g/mol. The standard InChI is InChI=1S/C13H15Br2NO2/c14-11-4-3-10(5-12(11)15)7-16(8-13(17)18)6-9-1-2-9/h3-5,9H,1-2,6-8H2,(H,17,18). The number of halogens is 2. The van der Waals surface area contributed by atoms with Gasteiger partial charge in [0.15, 0.2) is 0 Å². The highest BCUT2D eigenvalue weighted by Gasteiger charge is 2.25. The van der Waals surface area contributed by atoms with Crippen molar-refractivity contribution in [3.8, 4) is 0 Å². The van der Waals surface area contributed by atoms with Crippen molar-refractivity contribution in [3.05, 3.63) is 32.7 Å². The van der Waals surface area contributed by atoms with Gasteiger partial charge < -0.3 is 5.11 Å². The van der Waals surface area contributed by atoms with E-state index >= 15 is 0 Å². The smallest absolute Gasteiger partial charge is 0.317 e. The van der Waals surface area contributed by atoms with Crippen molar-refractivity contribution in [2.24, 2.45) is 5.92 Å². The van der Waals surface area contributed by atoms with Crippen LogP contribution < -0.4 is 0 Å². The maximum atomic E-state index is 10.9. The van der Waals surface area contributed by atoms with Crippen LogP contribution in [0.25, 0.3) is 0 Å². The van der Waals surface area contributed by atoms with Gasteiger partial charge in [0.2, 0.25) is 0 Å². The van der Waals surface area contributed by atoms with E-state index in [0.29, 0.717) is 12.5 Å². The Bertz CT molecular complexity index is 447. The molecule has 0 unspecified atom stereocenters. The fourth-order valence-corrected chi connectivity index (χ4v) is 2.61. The Morgan fingerprint density at radius 1 is 1.33 bits per heavy atom. The van der Waals surface area contributed by atoms with Gasteiger partial charge in [-0.15, -0.1) is 0 Å². The van der Waals surface area contributed by atoms with E-state index in [1.807, 2.05) is 23.1 Å². The van der Waals surface area contributed by atoms with E-state index in [9.17, 15) is 4.79 Å². The SMILES string of the molecule is O=C(O)CN(Cc1ccc(Br)c(Br)c1)CC1CC1. The molecule has 0 atom stereocenters. The molecule has 0 radical (unpaired) electrons. The second-order valence-electron chi connectivity index (χ2n) is 4.76. The summed E-state index contributed by atoms with van der Waals surface area (Å²) in [6, 6.07) is 6.04. The largest absolute Gasteiger partial charge is 0.480 e. The highest BCUT2D eigenvalue weighted by atomic mass is 79.9. The summed E-state index contributed by atoms with van der Waals surface area (Å²) in [5, 5.41) is 8.94. The van der Waals surface area contributed by atoms with Crippen molar-refractivity contribution in [2.75, 3.05) is 13.1 Å². The molecule has 0 heterocycles. The summed E-state index contributed by atoms with van der Waals surface area (Å²) >= 11 is 6.90. The maximum Gasteiger partial charge on any atom is 0.317 e. The minimum absolute atomic E-state index is 0.115. The number of aliphatic carboxylic acids is 1. The predicted molar refractivity (Wildman–Crippen MR) is 77.5 cm³/mol. The van der Waals surface area contributed by atoms with Crippen molar-refractivity contribution in [1.82, 2.24) is 4.90 Å². The Hall–Kier alpha value is -0.390. The Labute approximate surface area is 123 Å². The molecule has 2 rings (SSSR count). The average molecular weight is 377 g/mol. The van der Waals surface area contributed by atoms with Gasteiger partial charge in [0.05, 0.1) is 6.54 Å². The average Bonchev–Trinajstić information content (AvgIpc) is 3.06. The van der Waals surface area contributed by atoms with Gasteiger partial charge in [0, 0.05) is 22.0 Å². The fraction of sp³-hybridized carbons (Fsp3) is 0.462. The van der Waals surface area contributed by atoms with Crippen LogP contribution in [0.5, 0.6) is 0 Å². The zero-order valence-corrected chi connectivity index (χ0v) is 13.1. The lowest BCUT2D eigenvalue weighted by atomic mass is 10.2. The lowest BCUT2D eigenvalue weighted by Crippen LogP contribution is -2.31. The molecule has 0 aliphatic heterocycles. The predicted octanol–water partition coefficient (Wildman–Crippen LogP) is 3.51. The van der Waals surface area contributed by atoms with Crippen LogP contribution in [-0.2, 0) is 11.3 Å². The van der Waals surface area contributed by atoms with Crippen LogP contribution in [0.1, 0.15) is 18.4 Å². The molecular formula is C13H15Br2NO2. The molecule has 1 aromatic carbocycles. The highest BCUT2D eigenvalue weighted by molar-refractivity contribution is 9.13. The molecule has 1 fully saturated rings. The zero-order chi connectivity index (χ0) is 13.1. The third-order valence-electron chi connectivity index (χ3n) is 2.96. The number of nitrogens with zero attached hydrogens (tertiary/aromatic N) is 1. The molecular weight excluding hydrogens is 362 g/mol. The molecule has 3 nitrogen and oxygen atoms in total. The minimum atomic E-state index is -0.758. The Morgan fingerprint density at radius 2 is 2.06 bits per heavy atom. The first-order valence-corrected chi connectivity index (χ1v) is 7.51. The number of carbonyl (C=O) groups is 1. The molecule has 98 valence electrons. The first-order valence-electron chi connectivity index (χ1n) is 5.92. The summed E-state index contributed by atoms with van der Waals surface area (Å²) in [6.45, 7) is 1.69.